The Morgan fingerprint density at radius 2 is 2.16 bits per heavy atom. The molecule has 1 aromatic carbocycles. The van der Waals surface area contributed by atoms with Crippen molar-refractivity contribution in [1.82, 2.24) is 5.32 Å². The zero-order valence-corrected chi connectivity index (χ0v) is 15.6. The van der Waals surface area contributed by atoms with Gasteiger partial charge in [-0.25, -0.2) is 0 Å². The van der Waals surface area contributed by atoms with Crippen LogP contribution in [0.1, 0.15) is 22.5 Å². The molecule has 0 radical (unpaired) electrons. The third-order valence-electron chi connectivity index (χ3n) is 4.07. The molecule has 8 heteroatoms. The molecule has 25 heavy (non-hydrogen) atoms. The topological polar surface area (TPSA) is 80.7 Å². The number of methoxy groups -OCH3 is 1. The molecule has 6 nitrogen and oxygen atoms in total. The molecule has 3 rings (SSSR count). The van der Waals surface area contributed by atoms with Crippen LogP contribution in [0.4, 0.5) is 5.69 Å². The summed E-state index contributed by atoms with van der Waals surface area (Å²) in [5.41, 5.74) is 7.06. The third-order valence-corrected chi connectivity index (χ3v) is 4.07. The number of anilines is 1. The minimum atomic E-state index is -0.125. The SMILES string of the molecule is COc1ccccc1N1CCC(NC(=O)c2coc(CN)c2)C1.Cl.Cl. The molecule has 1 unspecified atom stereocenters. The first kappa shape index (κ1) is 21.2. The molecule has 0 saturated carbocycles. The van der Waals surface area contributed by atoms with Crippen LogP contribution in [0.5, 0.6) is 5.75 Å². The third kappa shape index (κ3) is 4.81. The normalized spacial score (nSPS) is 15.9. The van der Waals surface area contributed by atoms with Gasteiger partial charge < -0.3 is 25.1 Å². The van der Waals surface area contributed by atoms with Crippen molar-refractivity contribution >= 4 is 36.4 Å². The molecule has 1 fully saturated rings. The molecule has 0 bridgehead atoms. The number of furan rings is 1. The van der Waals surface area contributed by atoms with Crippen molar-refractivity contribution in [3.63, 3.8) is 0 Å². The molecule has 1 amide bonds. The molecule has 0 aliphatic carbocycles. The fourth-order valence-electron chi connectivity index (χ4n) is 2.86. The summed E-state index contributed by atoms with van der Waals surface area (Å²) >= 11 is 0. The summed E-state index contributed by atoms with van der Waals surface area (Å²) in [6.07, 6.45) is 2.34. The van der Waals surface area contributed by atoms with E-state index in [0.29, 0.717) is 11.3 Å². The number of carbonyl (C=O) groups is 1. The van der Waals surface area contributed by atoms with Crippen molar-refractivity contribution in [3.8, 4) is 5.75 Å². The summed E-state index contributed by atoms with van der Waals surface area (Å²) in [6.45, 7) is 1.93. The standard InChI is InChI=1S/C17H21N3O3.2ClH/c1-22-16-5-3-2-4-15(16)20-7-6-13(10-20)19-17(21)12-8-14(9-18)23-11-12;;/h2-5,8,11,13H,6-7,9-10,18H2,1H3,(H,19,21);2*1H. The van der Waals surface area contributed by atoms with E-state index in [1.165, 1.54) is 6.26 Å². The van der Waals surface area contributed by atoms with E-state index < -0.39 is 0 Å². The first-order valence-electron chi connectivity index (χ1n) is 7.67. The highest BCUT2D eigenvalue weighted by molar-refractivity contribution is 5.94. The number of nitrogens with two attached hydrogens (primary N) is 1. The number of nitrogens with zero attached hydrogens (tertiary/aromatic N) is 1. The minimum absolute atomic E-state index is 0. The minimum Gasteiger partial charge on any atom is -0.495 e. The number of halogens is 2. The van der Waals surface area contributed by atoms with Crippen molar-refractivity contribution in [2.75, 3.05) is 25.1 Å². The van der Waals surface area contributed by atoms with Crippen LogP contribution in [-0.2, 0) is 6.54 Å². The lowest BCUT2D eigenvalue weighted by Crippen LogP contribution is -2.37. The molecule has 3 N–H and O–H groups in total. The number of para-hydroxylation sites is 2. The van der Waals surface area contributed by atoms with E-state index in [0.717, 1.165) is 30.9 Å². The lowest BCUT2D eigenvalue weighted by Gasteiger charge is -2.21. The van der Waals surface area contributed by atoms with E-state index in [9.17, 15) is 4.79 Å². The first-order chi connectivity index (χ1) is 11.2. The van der Waals surface area contributed by atoms with Crippen molar-refractivity contribution in [1.29, 1.82) is 0 Å². The van der Waals surface area contributed by atoms with Crippen LogP contribution in [0.2, 0.25) is 0 Å². The number of rotatable bonds is 5. The smallest absolute Gasteiger partial charge is 0.254 e. The number of carbonyl (C=O) groups excluding carboxylic acids is 1. The predicted molar refractivity (Wildman–Crippen MR) is 102 cm³/mol. The number of amides is 1. The molecule has 1 aliphatic rings. The van der Waals surface area contributed by atoms with Gasteiger partial charge in [0.1, 0.15) is 17.8 Å². The Kier molecular flexibility index (Phi) is 8.09. The van der Waals surface area contributed by atoms with E-state index in [1.807, 2.05) is 24.3 Å². The van der Waals surface area contributed by atoms with Gasteiger partial charge in [0.05, 0.1) is 24.9 Å². The van der Waals surface area contributed by atoms with Gasteiger partial charge in [0.2, 0.25) is 0 Å². The second-order valence-electron chi connectivity index (χ2n) is 5.58. The van der Waals surface area contributed by atoms with Gasteiger partial charge in [0.25, 0.3) is 5.91 Å². The number of ether oxygens (including phenoxy) is 1. The summed E-state index contributed by atoms with van der Waals surface area (Å²) in [5, 5.41) is 3.05. The van der Waals surface area contributed by atoms with Gasteiger partial charge in [-0.15, -0.1) is 24.8 Å². The fraction of sp³-hybridized carbons (Fsp3) is 0.353. The largest absolute Gasteiger partial charge is 0.495 e. The highest BCUT2D eigenvalue weighted by Crippen LogP contribution is 2.30. The van der Waals surface area contributed by atoms with Gasteiger partial charge in [-0.2, -0.15) is 0 Å². The Balaban J connectivity index is 0.00000156. The first-order valence-corrected chi connectivity index (χ1v) is 7.67. The van der Waals surface area contributed by atoms with Crippen molar-refractivity contribution < 1.29 is 13.9 Å². The van der Waals surface area contributed by atoms with Gasteiger partial charge >= 0.3 is 0 Å². The molecular formula is C17H23Cl2N3O3. The zero-order valence-electron chi connectivity index (χ0n) is 13.9. The molecule has 138 valence electrons. The molecule has 2 aromatic rings. The Hall–Kier alpha value is -1.89. The monoisotopic (exact) mass is 387 g/mol. The predicted octanol–water partition coefficient (Wildman–Crippen LogP) is 2.60. The summed E-state index contributed by atoms with van der Waals surface area (Å²) in [4.78, 5) is 14.5. The second-order valence-corrected chi connectivity index (χ2v) is 5.58. The summed E-state index contributed by atoms with van der Waals surface area (Å²) < 4.78 is 10.6. The zero-order chi connectivity index (χ0) is 16.2. The van der Waals surface area contributed by atoms with Crippen LogP contribution in [0, 0.1) is 0 Å². The van der Waals surface area contributed by atoms with E-state index in [1.54, 1.807) is 13.2 Å². The summed E-state index contributed by atoms with van der Waals surface area (Å²) in [6, 6.07) is 9.70. The van der Waals surface area contributed by atoms with Crippen molar-refractivity contribution in [3.05, 3.63) is 47.9 Å². The average molecular weight is 388 g/mol. The van der Waals surface area contributed by atoms with Gasteiger partial charge in [0, 0.05) is 19.1 Å². The maximum Gasteiger partial charge on any atom is 0.254 e. The molecule has 1 aromatic heterocycles. The summed E-state index contributed by atoms with van der Waals surface area (Å²) in [7, 11) is 1.67. The van der Waals surface area contributed by atoms with Crippen molar-refractivity contribution in [2.24, 2.45) is 5.73 Å². The van der Waals surface area contributed by atoms with Crippen LogP contribution in [0.25, 0.3) is 0 Å². The van der Waals surface area contributed by atoms with Crippen LogP contribution in [-0.4, -0.2) is 32.1 Å². The molecular weight excluding hydrogens is 365 g/mol. The average Bonchev–Trinajstić information content (AvgIpc) is 3.24. The maximum absolute atomic E-state index is 12.2. The number of hydrogen-bond acceptors (Lipinski definition) is 5. The van der Waals surface area contributed by atoms with E-state index in [2.05, 4.69) is 10.2 Å². The molecule has 1 saturated heterocycles. The Labute approximate surface area is 159 Å². The lowest BCUT2D eigenvalue weighted by atomic mass is 10.2. The molecule has 1 aliphatic heterocycles. The Morgan fingerprint density at radius 3 is 2.84 bits per heavy atom. The second kappa shape index (κ2) is 9.56. The quantitative estimate of drug-likeness (QED) is 0.823. The van der Waals surface area contributed by atoms with Gasteiger partial charge in [0.15, 0.2) is 0 Å². The summed E-state index contributed by atoms with van der Waals surface area (Å²) in [5.74, 6) is 1.33. The maximum atomic E-state index is 12.2. The van der Waals surface area contributed by atoms with Crippen LogP contribution < -0.4 is 20.7 Å². The van der Waals surface area contributed by atoms with Crippen LogP contribution >= 0.6 is 24.8 Å². The van der Waals surface area contributed by atoms with Crippen molar-refractivity contribution in [2.45, 2.75) is 19.0 Å². The van der Waals surface area contributed by atoms with Crippen LogP contribution in [0.3, 0.4) is 0 Å². The number of benzene rings is 1. The van der Waals surface area contributed by atoms with Crippen LogP contribution in [0.15, 0.2) is 41.0 Å². The van der Waals surface area contributed by atoms with E-state index >= 15 is 0 Å². The number of nitrogens with one attached hydrogen (secondary N) is 1. The van der Waals surface area contributed by atoms with Gasteiger partial charge in [-0.05, 0) is 24.6 Å². The fourth-order valence-corrected chi connectivity index (χ4v) is 2.86. The lowest BCUT2D eigenvalue weighted by molar-refractivity contribution is 0.0940. The van der Waals surface area contributed by atoms with Gasteiger partial charge in [-0.1, -0.05) is 12.1 Å². The molecule has 0 spiro atoms. The Bertz CT molecular complexity index is 693. The van der Waals surface area contributed by atoms with E-state index in [-0.39, 0.29) is 43.3 Å². The highest BCUT2D eigenvalue weighted by atomic mass is 35.5. The highest BCUT2D eigenvalue weighted by Gasteiger charge is 2.26. The molecule has 1 atom stereocenters. The molecule has 2 heterocycles. The van der Waals surface area contributed by atoms with E-state index in [4.69, 9.17) is 14.9 Å². The number of hydrogen-bond donors (Lipinski definition) is 2. The van der Waals surface area contributed by atoms with Gasteiger partial charge in [-0.3, -0.25) is 4.79 Å². The Morgan fingerprint density at radius 1 is 1.40 bits per heavy atom.